The summed E-state index contributed by atoms with van der Waals surface area (Å²) in [4.78, 5) is 16.3. The second-order valence-electron chi connectivity index (χ2n) is 4.67. The SMILES string of the molecule is CCC1(NC(=O)c2ncccc2Cl)CCNCC1. The van der Waals surface area contributed by atoms with E-state index in [0.29, 0.717) is 10.7 Å². The van der Waals surface area contributed by atoms with E-state index in [9.17, 15) is 4.79 Å². The number of aromatic nitrogens is 1. The molecule has 1 aromatic heterocycles. The number of halogens is 1. The minimum Gasteiger partial charge on any atom is -0.345 e. The van der Waals surface area contributed by atoms with Gasteiger partial charge in [0, 0.05) is 11.7 Å². The van der Waals surface area contributed by atoms with E-state index in [2.05, 4.69) is 22.5 Å². The first-order valence-electron chi connectivity index (χ1n) is 6.31. The fourth-order valence-corrected chi connectivity index (χ4v) is 2.53. The van der Waals surface area contributed by atoms with Crippen LogP contribution in [-0.2, 0) is 0 Å². The Balaban J connectivity index is 2.13. The highest BCUT2D eigenvalue weighted by atomic mass is 35.5. The quantitative estimate of drug-likeness (QED) is 0.881. The van der Waals surface area contributed by atoms with Gasteiger partial charge in [0.1, 0.15) is 5.69 Å². The number of hydrogen-bond acceptors (Lipinski definition) is 3. The van der Waals surface area contributed by atoms with Gasteiger partial charge < -0.3 is 10.6 Å². The van der Waals surface area contributed by atoms with E-state index >= 15 is 0 Å². The molecule has 0 atom stereocenters. The Labute approximate surface area is 112 Å². The summed E-state index contributed by atoms with van der Waals surface area (Å²) in [6, 6.07) is 3.41. The van der Waals surface area contributed by atoms with Crippen LogP contribution in [0.15, 0.2) is 18.3 Å². The molecule has 0 bridgehead atoms. The molecule has 1 aliphatic rings. The number of amides is 1. The summed E-state index contributed by atoms with van der Waals surface area (Å²) in [5, 5.41) is 6.82. The van der Waals surface area contributed by atoms with E-state index in [1.165, 1.54) is 0 Å². The molecule has 2 heterocycles. The maximum atomic E-state index is 12.2. The van der Waals surface area contributed by atoms with E-state index in [-0.39, 0.29) is 11.4 Å². The van der Waals surface area contributed by atoms with Gasteiger partial charge in [-0.15, -0.1) is 0 Å². The van der Waals surface area contributed by atoms with Gasteiger partial charge in [0.2, 0.25) is 0 Å². The molecule has 0 aromatic carbocycles. The normalized spacial score (nSPS) is 18.3. The summed E-state index contributed by atoms with van der Waals surface area (Å²) in [6.07, 6.45) is 4.39. The van der Waals surface area contributed by atoms with Crippen LogP contribution >= 0.6 is 11.6 Å². The Morgan fingerprint density at radius 1 is 1.56 bits per heavy atom. The van der Waals surface area contributed by atoms with Crippen molar-refractivity contribution in [3.8, 4) is 0 Å². The topological polar surface area (TPSA) is 54.0 Å². The van der Waals surface area contributed by atoms with Crippen LogP contribution in [0.5, 0.6) is 0 Å². The number of nitrogens with zero attached hydrogens (tertiary/aromatic N) is 1. The molecular formula is C13H18ClN3O. The van der Waals surface area contributed by atoms with Crippen molar-refractivity contribution in [1.29, 1.82) is 0 Å². The highest BCUT2D eigenvalue weighted by molar-refractivity contribution is 6.33. The highest BCUT2D eigenvalue weighted by Crippen LogP contribution is 2.23. The van der Waals surface area contributed by atoms with E-state index < -0.39 is 0 Å². The second kappa shape index (κ2) is 5.67. The number of rotatable bonds is 3. The molecule has 0 unspecified atom stereocenters. The Bertz CT molecular complexity index is 430. The maximum Gasteiger partial charge on any atom is 0.271 e. The summed E-state index contributed by atoms with van der Waals surface area (Å²) < 4.78 is 0. The highest BCUT2D eigenvalue weighted by Gasteiger charge is 2.32. The molecule has 1 aliphatic heterocycles. The van der Waals surface area contributed by atoms with Crippen LogP contribution < -0.4 is 10.6 Å². The van der Waals surface area contributed by atoms with Crippen molar-refractivity contribution in [3.63, 3.8) is 0 Å². The van der Waals surface area contributed by atoms with Crippen LogP contribution in [0.1, 0.15) is 36.7 Å². The Kier molecular flexibility index (Phi) is 4.19. The first-order valence-corrected chi connectivity index (χ1v) is 6.68. The average Bonchev–Trinajstić information content (AvgIpc) is 2.40. The Hall–Kier alpha value is -1.13. The van der Waals surface area contributed by atoms with Gasteiger partial charge in [-0.2, -0.15) is 0 Å². The molecule has 18 heavy (non-hydrogen) atoms. The first-order chi connectivity index (χ1) is 8.67. The number of carbonyl (C=O) groups excluding carboxylic acids is 1. The third kappa shape index (κ3) is 2.82. The van der Waals surface area contributed by atoms with Gasteiger partial charge in [-0.05, 0) is 44.5 Å². The Morgan fingerprint density at radius 3 is 2.89 bits per heavy atom. The van der Waals surface area contributed by atoms with Gasteiger partial charge in [-0.25, -0.2) is 4.98 Å². The molecule has 0 aliphatic carbocycles. The van der Waals surface area contributed by atoms with Crippen molar-refractivity contribution in [1.82, 2.24) is 15.6 Å². The molecule has 2 rings (SSSR count). The van der Waals surface area contributed by atoms with Gasteiger partial charge in [-0.1, -0.05) is 18.5 Å². The first kappa shape index (κ1) is 13.3. The zero-order chi connectivity index (χ0) is 13.0. The molecule has 0 radical (unpaired) electrons. The Morgan fingerprint density at radius 2 is 2.28 bits per heavy atom. The molecule has 1 aromatic rings. The third-order valence-electron chi connectivity index (χ3n) is 3.59. The number of pyridine rings is 1. The van der Waals surface area contributed by atoms with Crippen LogP contribution in [-0.4, -0.2) is 29.5 Å². The lowest BCUT2D eigenvalue weighted by atomic mass is 9.85. The minimum atomic E-state index is -0.177. The van der Waals surface area contributed by atoms with E-state index in [4.69, 9.17) is 11.6 Å². The lowest BCUT2D eigenvalue weighted by Crippen LogP contribution is -2.54. The summed E-state index contributed by atoms with van der Waals surface area (Å²) in [5.74, 6) is -0.177. The zero-order valence-electron chi connectivity index (χ0n) is 10.5. The summed E-state index contributed by atoms with van der Waals surface area (Å²) in [5.41, 5.74) is 0.189. The van der Waals surface area contributed by atoms with Crippen LogP contribution in [0, 0.1) is 0 Å². The van der Waals surface area contributed by atoms with Crippen molar-refractivity contribution in [2.45, 2.75) is 31.7 Å². The average molecular weight is 268 g/mol. The van der Waals surface area contributed by atoms with Crippen molar-refractivity contribution < 1.29 is 4.79 Å². The van der Waals surface area contributed by atoms with Gasteiger partial charge >= 0.3 is 0 Å². The summed E-state index contributed by atoms with van der Waals surface area (Å²) in [6.45, 7) is 3.97. The molecule has 5 heteroatoms. The lowest BCUT2D eigenvalue weighted by molar-refractivity contribution is 0.0865. The predicted molar refractivity (Wildman–Crippen MR) is 71.8 cm³/mol. The molecule has 1 saturated heterocycles. The molecule has 2 N–H and O–H groups in total. The predicted octanol–water partition coefficient (Wildman–Crippen LogP) is 2.00. The standard InChI is InChI=1S/C13H18ClN3O/c1-2-13(5-8-15-9-6-13)17-12(18)11-10(14)4-3-7-16-11/h3-4,7,15H,2,5-6,8-9H2,1H3,(H,17,18). The van der Waals surface area contributed by atoms with Gasteiger partial charge in [0.05, 0.1) is 5.02 Å². The van der Waals surface area contributed by atoms with Crippen molar-refractivity contribution in [2.24, 2.45) is 0 Å². The minimum absolute atomic E-state index is 0.122. The summed E-state index contributed by atoms with van der Waals surface area (Å²) >= 11 is 5.99. The van der Waals surface area contributed by atoms with E-state index in [0.717, 1.165) is 32.4 Å². The number of piperidine rings is 1. The van der Waals surface area contributed by atoms with E-state index in [1.54, 1.807) is 18.3 Å². The largest absolute Gasteiger partial charge is 0.345 e. The van der Waals surface area contributed by atoms with Gasteiger partial charge in [0.25, 0.3) is 5.91 Å². The molecule has 4 nitrogen and oxygen atoms in total. The maximum absolute atomic E-state index is 12.2. The van der Waals surface area contributed by atoms with Crippen molar-refractivity contribution in [3.05, 3.63) is 29.0 Å². The van der Waals surface area contributed by atoms with Crippen LogP contribution in [0.2, 0.25) is 5.02 Å². The molecule has 1 amide bonds. The van der Waals surface area contributed by atoms with Crippen LogP contribution in [0.4, 0.5) is 0 Å². The molecule has 1 fully saturated rings. The molecular weight excluding hydrogens is 250 g/mol. The number of carbonyl (C=O) groups is 1. The monoisotopic (exact) mass is 267 g/mol. The molecule has 0 spiro atoms. The number of nitrogens with one attached hydrogen (secondary N) is 2. The fourth-order valence-electron chi connectivity index (χ4n) is 2.33. The smallest absolute Gasteiger partial charge is 0.271 e. The van der Waals surface area contributed by atoms with Gasteiger partial charge in [-0.3, -0.25) is 4.79 Å². The lowest BCUT2D eigenvalue weighted by Gasteiger charge is -2.37. The van der Waals surface area contributed by atoms with Crippen molar-refractivity contribution >= 4 is 17.5 Å². The fraction of sp³-hybridized carbons (Fsp3) is 0.538. The van der Waals surface area contributed by atoms with Crippen molar-refractivity contribution in [2.75, 3.05) is 13.1 Å². The number of hydrogen-bond donors (Lipinski definition) is 2. The van der Waals surface area contributed by atoms with Crippen LogP contribution in [0.3, 0.4) is 0 Å². The zero-order valence-corrected chi connectivity index (χ0v) is 11.3. The molecule has 98 valence electrons. The second-order valence-corrected chi connectivity index (χ2v) is 5.08. The van der Waals surface area contributed by atoms with Crippen LogP contribution in [0.25, 0.3) is 0 Å². The molecule has 0 saturated carbocycles. The third-order valence-corrected chi connectivity index (χ3v) is 3.89. The summed E-state index contributed by atoms with van der Waals surface area (Å²) in [7, 11) is 0. The van der Waals surface area contributed by atoms with E-state index in [1.807, 2.05) is 0 Å². The van der Waals surface area contributed by atoms with Gasteiger partial charge in [0.15, 0.2) is 0 Å².